The van der Waals surface area contributed by atoms with Crippen molar-refractivity contribution in [3.63, 3.8) is 0 Å². The molecule has 1 heterocycles. The number of rotatable bonds is 1. The number of ketones is 1. The van der Waals surface area contributed by atoms with E-state index < -0.39 is 0 Å². The second kappa shape index (κ2) is 3.96. The molecule has 98 valence electrons. The van der Waals surface area contributed by atoms with Crippen LogP contribution in [0.4, 0.5) is 0 Å². The maximum Gasteiger partial charge on any atom is 0.225 e. The number of allylic oxidation sites excluding steroid dienone is 3. The van der Waals surface area contributed by atoms with E-state index in [2.05, 4.69) is 0 Å². The maximum atomic E-state index is 11.8. The van der Waals surface area contributed by atoms with Gasteiger partial charge in [0.1, 0.15) is 5.76 Å². The highest BCUT2D eigenvalue weighted by Gasteiger charge is 2.50. The number of nitriles is 1. The molecule has 0 saturated heterocycles. The Morgan fingerprint density at radius 3 is 2.37 bits per heavy atom. The second-order valence-corrected chi connectivity index (χ2v) is 6.61. The van der Waals surface area contributed by atoms with E-state index in [4.69, 9.17) is 10.00 Å². The molecule has 0 atom stereocenters. The summed E-state index contributed by atoms with van der Waals surface area (Å²) in [6, 6.07) is 1.89. The average Bonchev–Trinajstić information content (AvgIpc) is 2.70. The van der Waals surface area contributed by atoms with Gasteiger partial charge in [0, 0.05) is 12.0 Å². The molecule has 4 bridgehead atoms. The molecule has 3 nitrogen and oxygen atoms in total. The first kappa shape index (κ1) is 11.3. The highest BCUT2D eigenvalue weighted by Crippen LogP contribution is 2.58. The predicted octanol–water partition coefficient (Wildman–Crippen LogP) is 2.95. The van der Waals surface area contributed by atoms with Crippen molar-refractivity contribution in [1.29, 1.82) is 5.26 Å². The molecular formula is C16H17NO2. The van der Waals surface area contributed by atoms with Crippen LogP contribution in [0, 0.1) is 40.9 Å². The van der Waals surface area contributed by atoms with Gasteiger partial charge in [0.15, 0.2) is 5.76 Å². The van der Waals surface area contributed by atoms with E-state index >= 15 is 0 Å². The molecule has 0 spiro atoms. The van der Waals surface area contributed by atoms with Crippen LogP contribution in [-0.2, 0) is 9.53 Å². The first-order chi connectivity index (χ1) is 9.24. The van der Waals surface area contributed by atoms with Gasteiger partial charge in [-0.25, -0.2) is 0 Å². The summed E-state index contributed by atoms with van der Waals surface area (Å²) in [5, 5.41) is 8.66. The smallest absolute Gasteiger partial charge is 0.225 e. The summed E-state index contributed by atoms with van der Waals surface area (Å²) in [5.41, 5.74) is 0. The SMILES string of the molecule is N#C/C=C1\OC(C2C3CC4CC(C3)CC2C4)=CC1=O. The van der Waals surface area contributed by atoms with Crippen LogP contribution < -0.4 is 0 Å². The van der Waals surface area contributed by atoms with Crippen molar-refractivity contribution in [3.8, 4) is 6.07 Å². The lowest BCUT2D eigenvalue weighted by Crippen LogP contribution is -2.45. The topological polar surface area (TPSA) is 50.1 Å². The van der Waals surface area contributed by atoms with Gasteiger partial charge in [-0.1, -0.05) is 0 Å². The van der Waals surface area contributed by atoms with Crippen LogP contribution in [0.2, 0.25) is 0 Å². The zero-order valence-electron chi connectivity index (χ0n) is 10.8. The van der Waals surface area contributed by atoms with Crippen molar-refractivity contribution in [1.82, 2.24) is 0 Å². The molecule has 0 aromatic carbocycles. The predicted molar refractivity (Wildman–Crippen MR) is 68.4 cm³/mol. The quantitative estimate of drug-likeness (QED) is 0.534. The van der Waals surface area contributed by atoms with Gasteiger partial charge in [0.2, 0.25) is 5.78 Å². The Balaban J connectivity index is 1.61. The molecule has 0 aromatic rings. The molecule has 3 heteroatoms. The zero-order chi connectivity index (χ0) is 13.0. The van der Waals surface area contributed by atoms with Crippen molar-refractivity contribution in [2.45, 2.75) is 32.1 Å². The van der Waals surface area contributed by atoms with Crippen molar-refractivity contribution < 1.29 is 9.53 Å². The molecule has 0 aromatic heterocycles. The Morgan fingerprint density at radius 2 is 1.79 bits per heavy atom. The van der Waals surface area contributed by atoms with Gasteiger partial charge >= 0.3 is 0 Å². The van der Waals surface area contributed by atoms with Gasteiger partial charge in [0.05, 0.1) is 12.1 Å². The Morgan fingerprint density at radius 1 is 1.16 bits per heavy atom. The molecule has 1 aliphatic heterocycles. The van der Waals surface area contributed by atoms with Crippen LogP contribution in [0.5, 0.6) is 0 Å². The minimum atomic E-state index is -0.134. The highest BCUT2D eigenvalue weighted by molar-refractivity contribution is 6.05. The van der Waals surface area contributed by atoms with E-state index in [0.29, 0.717) is 17.8 Å². The first-order valence-electron chi connectivity index (χ1n) is 7.28. The van der Waals surface area contributed by atoms with Crippen LogP contribution in [0.25, 0.3) is 0 Å². The number of carbonyl (C=O) groups is 1. The third-order valence-corrected chi connectivity index (χ3v) is 5.49. The standard InChI is InChI=1S/C16H17NO2/c17-2-1-14-13(18)8-15(19-14)16-11-4-9-3-10(6-11)7-12(16)5-9/h1,8-12,16H,3-7H2/b14-1-. The largest absolute Gasteiger partial charge is 0.456 e. The monoisotopic (exact) mass is 255 g/mol. The molecular weight excluding hydrogens is 238 g/mol. The lowest BCUT2D eigenvalue weighted by Gasteiger charge is -2.54. The Hall–Kier alpha value is -1.56. The fraction of sp³-hybridized carbons (Fsp3) is 0.625. The molecule has 4 saturated carbocycles. The van der Waals surface area contributed by atoms with E-state index in [9.17, 15) is 4.79 Å². The molecule has 4 fully saturated rings. The van der Waals surface area contributed by atoms with Gasteiger partial charge in [-0.15, -0.1) is 0 Å². The van der Waals surface area contributed by atoms with Crippen LogP contribution in [0.15, 0.2) is 23.7 Å². The third kappa shape index (κ3) is 1.66. The van der Waals surface area contributed by atoms with Gasteiger partial charge in [-0.3, -0.25) is 4.79 Å². The number of nitrogens with zero attached hydrogens (tertiary/aromatic N) is 1. The van der Waals surface area contributed by atoms with Crippen LogP contribution in [0.3, 0.4) is 0 Å². The van der Waals surface area contributed by atoms with Gasteiger partial charge < -0.3 is 4.74 Å². The second-order valence-electron chi connectivity index (χ2n) is 6.61. The molecule has 0 unspecified atom stereocenters. The van der Waals surface area contributed by atoms with E-state index in [1.165, 1.54) is 38.2 Å². The number of hydrogen-bond acceptors (Lipinski definition) is 3. The van der Waals surface area contributed by atoms with Crippen molar-refractivity contribution >= 4 is 5.78 Å². The Kier molecular flexibility index (Phi) is 2.35. The highest BCUT2D eigenvalue weighted by atomic mass is 16.5. The van der Waals surface area contributed by atoms with Gasteiger partial charge in [0.25, 0.3) is 0 Å². The van der Waals surface area contributed by atoms with Gasteiger partial charge in [-0.05, 0) is 55.8 Å². The van der Waals surface area contributed by atoms with Crippen LogP contribution in [-0.4, -0.2) is 5.78 Å². The molecule has 0 N–H and O–H groups in total. The van der Waals surface area contributed by atoms with Crippen molar-refractivity contribution in [2.75, 3.05) is 0 Å². The number of carbonyl (C=O) groups excluding carboxylic acids is 1. The minimum absolute atomic E-state index is 0.134. The zero-order valence-corrected chi connectivity index (χ0v) is 10.8. The number of hydrogen-bond donors (Lipinski definition) is 0. The molecule has 5 rings (SSSR count). The maximum absolute atomic E-state index is 11.8. The molecule has 0 amide bonds. The fourth-order valence-corrected chi connectivity index (χ4v) is 5.12. The summed E-state index contributed by atoms with van der Waals surface area (Å²) >= 11 is 0. The van der Waals surface area contributed by atoms with Crippen molar-refractivity contribution in [2.24, 2.45) is 29.6 Å². The van der Waals surface area contributed by atoms with Crippen LogP contribution >= 0.6 is 0 Å². The average molecular weight is 255 g/mol. The third-order valence-electron chi connectivity index (χ3n) is 5.49. The van der Waals surface area contributed by atoms with E-state index in [0.717, 1.165) is 17.6 Å². The molecule has 5 aliphatic rings. The summed E-state index contributed by atoms with van der Waals surface area (Å²) in [5.74, 6) is 4.61. The Bertz CT molecular complexity index is 509. The van der Waals surface area contributed by atoms with E-state index in [1.807, 2.05) is 6.07 Å². The lowest BCUT2D eigenvalue weighted by atomic mass is 9.51. The van der Waals surface area contributed by atoms with Crippen molar-refractivity contribution in [3.05, 3.63) is 23.7 Å². The Labute approximate surface area is 112 Å². The van der Waals surface area contributed by atoms with Crippen LogP contribution in [0.1, 0.15) is 32.1 Å². The normalized spacial score (nSPS) is 45.2. The molecule has 19 heavy (non-hydrogen) atoms. The van der Waals surface area contributed by atoms with Gasteiger partial charge in [-0.2, -0.15) is 5.26 Å². The first-order valence-corrected chi connectivity index (χ1v) is 7.28. The summed E-state index contributed by atoms with van der Waals surface area (Å²) < 4.78 is 5.69. The lowest BCUT2D eigenvalue weighted by molar-refractivity contribution is -0.112. The fourth-order valence-electron chi connectivity index (χ4n) is 5.12. The number of ether oxygens (including phenoxy) is 1. The summed E-state index contributed by atoms with van der Waals surface area (Å²) in [7, 11) is 0. The summed E-state index contributed by atoms with van der Waals surface area (Å²) in [4.78, 5) is 11.8. The van der Waals surface area contributed by atoms with E-state index in [1.54, 1.807) is 6.08 Å². The molecule has 0 radical (unpaired) electrons. The minimum Gasteiger partial charge on any atom is -0.456 e. The van der Waals surface area contributed by atoms with E-state index in [-0.39, 0.29) is 11.5 Å². The molecule has 4 aliphatic carbocycles. The summed E-state index contributed by atoms with van der Waals surface area (Å²) in [6.45, 7) is 0. The summed E-state index contributed by atoms with van der Waals surface area (Å²) in [6.07, 6.45) is 9.53.